The molecule has 0 amide bonds. The van der Waals surface area contributed by atoms with Crippen molar-refractivity contribution in [1.82, 2.24) is 14.8 Å². The molecule has 150 valence electrons. The van der Waals surface area contributed by atoms with Crippen LogP contribution in [0.5, 0.6) is 0 Å². The Bertz CT molecular complexity index is 1320. The largest absolute Gasteiger partial charge is 0.301 e. The van der Waals surface area contributed by atoms with E-state index in [0.29, 0.717) is 10.8 Å². The molecule has 4 rings (SSSR count). The lowest BCUT2D eigenvalue weighted by atomic mass is 10.1. The summed E-state index contributed by atoms with van der Waals surface area (Å²) >= 11 is 1.32. The van der Waals surface area contributed by atoms with Gasteiger partial charge in [0.1, 0.15) is 0 Å². The summed E-state index contributed by atoms with van der Waals surface area (Å²) in [7, 11) is 0. The van der Waals surface area contributed by atoms with Gasteiger partial charge in [-0.3, -0.25) is 20.0 Å². The van der Waals surface area contributed by atoms with Crippen molar-refractivity contribution in [3.8, 4) is 16.4 Å². The van der Waals surface area contributed by atoms with Gasteiger partial charge < -0.3 is 0 Å². The van der Waals surface area contributed by atoms with Crippen molar-refractivity contribution in [2.75, 3.05) is 0 Å². The zero-order chi connectivity index (χ0) is 21.3. The fourth-order valence-electron chi connectivity index (χ4n) is 2.82. The summed E-state index contributed by atoms with van der Waals surface area (Å²) in [5.41, 5.74) is 2.88. The number of hydrogen-bond acceptors (Lipinski definition) is 7. The lowest BCUT2D eigenvalue weighted by Gasteiger charge is -1.97. The number of thiazole rings is 1. The zero-order valence-electron chi connectivity index (χ0n) is 16.1. The van der Waals surface area contributed by atoms with Crippen molar-refractivity contribution >= 4 is 28.4 Å². The quantitative estimate of drug-likeness (QED) is 0.270. The highest BCUT2D eigenvalue weighted by Gasteiger charge is 2.17. The van der Waals surface area contributed by atoms with E-state index in [1.54, 1.807) is 19.1 Å². The van der Waals surface area contributed by atoms with Gasteiger partial charge in [0, 0.05) is 17.0 Å². The first-order chi connectivity index (χ1) is 14.4. The normalized spacial score (nSPS) is 11.3. The minimum Gasteiger partial charge on any atom is -0.291 e. The van der Waals surface area contributed by atoms with E-state index in [2.05, 4.69) is 20.3 Å². The monoisotopic (exact) mass is 420 g/mol. The molecule has 0 atom stereocenters. The van der Waals surface area contributed by atoms with Crippen LogP contribution in [0.1, 0.15) is 11.3 Å². The van der Waals surface area contributed by atoms with E-state index in [9.17, 15) is 14.9 Å². The smallest absolute Gasteiger partial charge is 0.291 e. The van der Waals surface area contributed by atoms with Crippen LogP contribution in [0.3, 0.4) is 0 Å². The molecule has 0 aliphatic heterocycles. The molecule has 0 spiro atoms. The summed E-state index contributed by atoms with van der Waals surface area (Å²) in [5.74, 6) is 0. The van der Waals surface area contributed by atoms with Crippen LogP contribution < -0.4 is 5.56 Å². The lowest BCUT2D eigenvalue weighted by molar-refractivity contribution is -0.384. The highest BCUT2D eigenvalue weighted by atomic mass is 32.1. The van der Waals surface area contributed by atoms with Crippen LogP contribution in [0, 0.1) is 24.0 Å². The predicted octanol–water partition coefficient (Wildman–Crippen LogP) is 5.23. The molecule has 0 aliphatic carbocycles. The van der Waals surface area contributed by atoms with E-state index in [4.69, 9.17) is 0 Å². The Balaban J connectivity index is 1.68. The number of para-hydroxylation sites is 1. The number of rotatable bonds is 5. The Morgan fingerprint density at radius 2 is 1.83 bits per heavy atom. The molecule has 4 aromatic rings. The maximum absolute atomic E-state index is 12.8. The first-order valence-corrected chi connectivity index (χ1v) is 9.81. The fourth-order valence-corrected chi connectivity index (χ4v) is 3.61. The minimum absolute atomic E-state index is 0.0697. The standard InChI is InChI=1S/C20H16N6O3S/c1-12-7-9-14(10-8-12)16-11-30-20(21-16)25-19(27)18(13(2)24-25)23-22-15-5-3-4-6-17(15)26(28)29/h3-11,24H,1-2H3. The molecule has 0 saturated carbocycles. The number of nitro benzene ring substituents is 1. The summed E-state index contributed by atoms with van der Waals surface area (Å²) in [6.07, 6.45) is 0. The molecule has 0 saturated heterocycles. The number of aromatic nitrogens is 3. The third kappa shape index (κ3) is 3.67. The molecule has 10 heteroatoms. The van der Waals surface area contributed by atoms with Crippen LogP contribution in [0.15, 0.2) is 68.9 Å². The van der Waals surface area contributed by atoms with Crippen LogP contribution in [-0.2, 0) is 0 Å². The van der Waals surface area contributed by atoms with Crippen LogP contribution in [0.4, 0.5) is 17.1 Å². The van der Waals surface area contributed by atoms with Gasteiger partial charge in [0.05, 0.1) is 16.3 Å². The Morgan fingerprint density at radius 1 is 1.10 bits per heavy atom. The number of nitrogens with zero attached hydrogens (tertiary/aromatic N) is 5. The van der Waals surface area contributed by atoms with Gasteiger partial charge >= 0.3 is 5.56 Å². The highest BCUT2D eigenvalue weighted by Crippen LogP contribution is 2.29. The molecular formula is C20H16N6O3S. The number of aryl methyl sites for hydroxylation is 2. The summed E-state index contributed by atoms with van der Waals surface area (Å²) < 4.78 is 1.30. The molecule has 0 bridgehead atoms. The summed E-state index contributed by atoms with van der Waals surface area (Å²) in [6, 6.07) is 13.9. The van der Waals surface area contributed by atoms with Crippen molar-refractivity contribution in [2.45, 2.75) is 13.8 Å². The van der Waals surface area contributed by atoms with E-state index in [1.807, 2.05) is 36.6 Å². The third-order valence-corrected chi connectivity index (χ3v) is 5.23. The second-order valence-corrected chi connectivity index (χ2v) is 7.39. The van der Waals surface area contributed by atoms with Gasteiger partial charge in [-0.15, -0.1) is 21.6 Å². The van der Waals surface area contributed by atoms with Crippen molar-refractivity contribution in [3.63, 3.8) is 0 Å². The summed E-state index contributed by atoms with van der Waals surface area (Å²) in [6.45, 7) is 3.69. The van der Waals surface area contributed by atoms with Crippen LogP contribution >= 0.6 is 11.3 Å². The molecule has 2 heterocycles. The molecule has 9 nitrogen and oxygen atoms in total. The maximum Gasteiger partial charge on any atom is 0.301 e. The second-order valence-electron chi connectivity index (χ2n) is 6.55. The highest BCUT2D eigenvalue weighted by molar-refractivity contribution is 7.12. The maximum atomic E-state index is 12.8. The van der Waals surface area contributed by atoms with E-state index < -0.39 is 10.5 Å². The van der Waals surface area contributed by atoms with Gasteiger partial charge in [0.25, 0.3) is 5.69 Å². The molecule has 1 N–H and O–H groups in total. The van der Waals surface area contributed by atoms with Crippen LogP contribution in [0.2, 0.25) is 0 Å². The lowest BCUT2D eigenvalue weighted by Crippen LogP contribution is -2.13. The zero-order valence-corrected chi connectivity index (χ0v) is 16.9. The summed E-state index contributed by atoms with van der Waals surface area (Å²) in [4.78, 5) is 27.9. The van der Waals surface area contributed by atoms with Crippen molar-refractivity contribution in [2.24, 2.45) is 10.2 Å². The number of hydrogen-bond donors (Lipinski definition) is 1. The minimum atomic E-state index is -0.543. The SMILES string of the molecule is Cc1ccc(-c2csc(-n3[nH]c(C)c(N=Nc4ccccc4[N+](=O)[O-])c3=O)n2)cc1. The first-order valence-electron chi connectivity index (χ1n) is 8.94. The van der Waals surface area contributed by atoms with Gasteiger partial charge in [0.2, 0.25) is 5.13 Å². The number of aromatic amines is 1. The Hall–Kier alpha value is -3.92. The molecule has 30 heavy (non-hydrogen) atoms. The molecule has 0 aliphatic rings. The van der Waals surface area contributed by atoms with Crippen molar-refractivity contribution in [3.05, 3.63) is 85.6 Å². The fraction of sp³-hybridized carbons (Fsp3) is 0.100. The first kappa shape index (κ1) is 19.4. The molecule has 0 unspecified atom stereocenters. The van der Waals surface area contributed by atoms with E-state index >= 15 is 0 Å². The molecular weight excluding hydrogens is 404 g/mol. The molecule has 2 aromatic carbocycles. The van der Waals surface area contributed by atoms with E-state index in [0.717, 1.165) is 16.8 Å². The van der Waals surface area contributed by atoms with Gasteiger partial charge in [-0.1, -0.05) is 42.0 Å². The Morgan fingerprint density at radius 3 is 2.57 bits per heavy atom. The Labute approximate surface area is 174 Å². The van der Waals surface area contributed by atoms with Crippen LogP contribution in [0.25, 0.3) is 16.4 Å². The predicted molar refractivity (Wildman–Crippen MR) is 114 cm³/mol. The number of H-pyrrole nitrogens is 1. The molecule has 0 radical (unpaired) electrons. The topological polar surface area (TPSA) is 119 Å². The number of azo groups is 1. The van der Waals surface area contributed by atoms with Gasteiger partial charge in [-0.2, -0.15) is 4.68 Å². The van der Waals surface area contributed by atoms with Crippen molar-refractivity contribution < 1.29 is 4.92 Å². The average Bonchev–Trinajstić information content (AvgIpc) is 3.32. The average molecular weight is 420 g/mol. The van der Waals surface area contributed by atoms with Crippen molar-refractivity contribution in [1.29, 1.82) is 0 Å². The van der Waals surface area contributed by atoms with E-state index in [1.165, 1.54) is 28.2 Å². The number of benzene rings is 2. The Kier molecular flexibility index (Phi) is 5.07. The van der Waals surface area contributed by atoms with Gasteiger partial charge in [-0.05, 0) is 19.9 Å². The van der Waals surface area contributed by atoms with Gasteiger partial charge in [0.15, 0.2) is 11.4 Å². The van der Waals surface area contributed by atoms with E-state index in [-0.39, 0.29) is 17.1 Å². The molecule has 2 aromatic heterocycles. The molecule has 0 fully saturated rings. The third-order valence-electron chi connectivity index (χ3n) is 4.41. The number of nitro groups is 1. The van der Waals surface area contributed by atoms with Gasteiger partial charge in [-0.25, -0.2) is 4.98 Å². The summed E-state index contributed by atoms with van der Waals surface area (Å²) in [5, 5.41) is 24.3. The second kappa shape index (κ2) is 7.84. The number of nitrogens with one attached hydrogen (secondary N) is 1. The van der Waals surface area contributed by atoms with Crippen LogP contribution in [-0.4, -0.2) is 19.7 Å².